The van der Waals surface area contributed by atoms with Gasteiger partial charge >= 0.3 is 7.12 Å². The number of aromatic nitrogens is 1. The van der Waals surface area contributed by atoms with Gasteiger partial charge in [-0.1, -0.05) is 30.3 Å². The van der Waals surface area contributed by atoms with Crippen LogP contribution in [0.5, 0.6) is 5.88 Å². The third kappa shape index (κ3) is 4.56. The van der Waals surface area contributed by atoms with Crippen LogP contribution < -0.4 is 10.2 Å². The SMILES string of the molecule is Cc1cc(OCC2(C(=O)CCc3ccccc3)CC2)ncc1B1OC(C)(C)C(C)(C)O1. The lowest BCUT2D eigenvalue weighted by molar-refractivity contribution is -0.125. The molecule has 164 valence electrons. The Morgan fingerprint density at radius 3 is 2.32 bits per heavy atom. The molecular weight excluding hydrogens is 389 g/mol. The lowest BCUT2D eigenvalue weighted by Crippen LogP contribution is -2.41. The highest BCUT2D eigenvalue weighted by molar-refractivity contribution is 6.62. The fourth-order valence-corrected chi connectivity index (χ4v) is 3.87. The summed E-state index contributed by atoms with van der Waals surface area (Å²) in [7, 11) is -0.444. The van der Waals surface area contributed by atoms with Gasteiger partial charge in [-0.3, -0.25) is 4.79 Å². The van der Waals surface area contributed by atoms with Gasteiger partial charge in [-0.05, 0) is 65.0 Å². The Bertz CT molecular complexity index is 937. The van der Waals surface area contributed by atoms with E-state index in [1.165, 1.54) is 5.56 Å². The molecule has 1 saturated heterocycles. The minimum absolute atomic E-state index is 0.293. The van der Waals surface area contributed by atoms with E-state index in [0.717, 1.165) is 30.3 Å². The third-order valence-electron chi connectivity index (χ3n) is 7.06. The van der Waals surface area contributed by atoms with E-state index >= 15 is 0 Å². The number of aryl methyl sites for hydroxylation is 2. The van der Waals surface area contributed by atoms with E-state index in [0.29, 0.717) is 24.7 Å². The zero-order chi connectivity index (χ0) is 22.3. The molecule has 4 rings (SSSR count). The Balaban J connectivity index is 1.35. The van der Waals surface area contributed by atoms with Crippen LogP contribution in [0.2, 0.25) is 0 Å². The summed E-state index contributed by atoms with van der Waals surface area (Å²) in [6.45, 7) is 10.6. The van der Waals surface area contributed by atoms with E-state index in [1.807, 2.05) is 58.9 Å². The van der Waals surface area contributed by atoms with Crippen LogP contribution >= 0.6 is 0 Å². The summed E-state index contributed by atoms with van der Waals surface area (Å²) < 4.78 is 18.3. The number of pyridine rings is 1. The molecule has 1 aromatic heterocycles. The summed E-state index contributed by atoms with van der Waals surface area (Å²) in [5.41, 5.74) is 1.99. The summed E-state index contributed by atoms with van der Waals surface area (Å²) in [5.74, 6) is 0.835. The van der Waals surface area contributed by atoms with Crippen LogP contribution in [-0.4, -0.2) is 35.7 Å². The maximum Gasteiger partial charge on any atom is 0.496 e. The van der Waals surface area contributed by atoms with Gasteiger partial charge in [0, 0.05) is 24.1 Å². The van der Waals surface area contributed by atoms with Crippen LogP contribution in [0.25, 0.3) is 0 Å². The molecule has 2 heterocycles. The second-order valence-electron chi connectivity index (χ2n) is 9.95. The fourth-order valence-electron chi connectivity index (χ4n) is 3.87. The van der Waals surface area contributed by atoms with Crippen molar-refractivity contribution in [3.05, 3.63) is 53.7 Å². The molecule has 2 aliphatic rings. The number of ether oxygens (including phenoxy) is 1. The van der Waals surface area contributed by atoms with E-state index in [1.54, 1.807) is 6.20 Å². The van der Waals surface area contributed by atoms with Gasteiger partial charge in [-0.2, -0.15) is 0 Å². The minimum Gasteiger partial charge on any atom is -0.477 e. The maximum atomic E-state index is 12.8. The predicted octanol–water partition coefficient (Wildman–Crippen LogP) is 4.05. The Hall–Kier alpha value is -2.18. The van der Waals surface area contributed by atoms with Crippen LogP contribution in [0.3, 0.4) is 0 Å². The zero-order valence-electron chi connectivity index (χ0n) is 19.2. The normalized spacial score (nSPS) is 20.5. The molecule has 6 heteroatoms. The van der Waals surface area contributed by atoms with Crippen LogP contribution in [0.4, 0.5) is 0 Å². The number of carbonyl (C=O) groups is 1. The molecule has 0 unspecified atom stereocenters. The Morgan fingerprint density at radius 2 is 1.74 bits per heavy atom. The molecule has 31 heavy (non-hydrogen) atoms. The first-order valence-corrected chi connectivity index (χ1v) is 11.1. The number of hydrogen-bond acceptors (Lipinski definition) is 5. The van der Waals surface area contributed by atoms with Gasteiger partial charge in [-0.25, -0.2) is 4.98 Å². The van der Waals surface area contributed by atoms with Crippen molar-refractivity contribution in [3.8, 4) is 5.88 Å². The highest BCUT2D eigenvalue weighted by Gasteiger charge is 2.52. The predicted molar refractivity (Wildman–Crippen MR) is 122 cm³/mol. The van der Waals surface area contributed by atoms with E-state index in [2.05, 4.69) is 17.1 Å². The van der Waals surface area contributed by atoms with Crippen molar-refractivity contribution in [1.29, 1.82) is 0 Å². The van der Waals surface area contributed by atoms with E-state index in [9.17, 15) is 4.79 Å². The first kappa shape index (κ1) is 22.0. The first-order valence-electron chi connectivity index (χ1n) is 11.1. The lowest BCUT2D eigenvalue weighted by atomic mass is 9.77. The van der Waals surface area contributed by atoms with Crippen LogP contribution in [0, 0.1) is 12.3 Å². The van der Waals surface area contributed by atoms with Crippen LogP contribution in [0.1, 0.15) is 58.1 Å². The number of rotatable bonds is 8. The highest BCUT2D eigenvalue weighted by atomic mass is 16.7. The number of benzene rings is 1. The molecule has 0 radical (unpaired) electrons. The number of Topliss-reactive ketones (excluding diaryl/α,β-unsaturated/α-hetero) is 1. The quantitative estimate of drug-likeness (QED) is 0.602. The molecule has 1 aliphatic heterocycles. The van der Waals surface area contributed by atoms with Crippen LogP contribution in [-0.2, 0) is 20.5 Å². The van der Waals surface area contributed by atoms with Gasteiger partial charge in [0.2, 0.25) is 5.88 Å². The van der Waals surface area contributed by atoms with Crippen molar-refractivity contribution in [2.45, 2.75) is 71.5 Å². The summed E-state index contributed by atoms with van der Waals surface area (Å²) in [5, 5.41) is 0. The highest BCUT2D eigenvalue weighted by Crippen LogP contribution is 2.47. The molecule has 0 N–H and O–H groups in total. The summed E-state index contributed by atoms with van der Waals surface area (Å²) in [4.78, 5) is 17.3. The second kappa shape index (κ2) is 8.07. The van der Waals surface area contributed by atoms with E-state index < -0.39 is 18.3 Å². The largest absolute Gasteiger partial charge is 0.496 e. The maximum absolute atomic E-state index is 12.8. The average molecular weight is 421 g/mol. The third-order valence-corrected chi connectivity index (χ3v) is 7.06. The molecule has 0 bridgehead atoms. The summed E-state index contributed by atoms with van der Waals surface area (Å²) in [6, 6.07) is 12.1. The Labute approximate surface area is 185 Å². The van der Waals surface area contributed by atoms with E-state index in [4.69, 9.17) is 14.0 Å². The fraction of sp³-hybridized carbons (Fsp3) is 0.520. The molecule has 1 aliphatic carbocycles. The molecule has 5 nitrogen and oxygen atoms in total. The first-order chi connectivity index (χ1) is 14.6. The topological polar surface area (TPSA) is 57.7 Å². The summed E-state index contributed by atoms with van der Waals surface area (Å²) >= 11 is 0. The van der Waals surface area contributed by atoms with Crippen molar-refractivity contribution in [3.63, 3.8) is 0 Å². The smallest absolute Gasteiger partial charge is 0.477 e. The van der Waals surface area contributed by atoms with Gasteiger partial charge in [-0.15, -0.1) is 0 Å². The average Bonchev–Trinajstić information content (AvgIpc) is 3.47. The zero-order valence-corrected chi connectivity index (χ0v) is 19.2. The monoisotopic (exact) mass is 421 g/mol. The van der Waals surface area contributed by atoms with Gasteiger partial charge < -0.3 is 14.0 Å². The Morgan fingerprint density at radius 1 is 1.10 bits per heavy atom. The standard InChI is InChI=1S/C25H32BNO4/c1-18-15-22(27-16-20(18)26-30-23(2,3)24(4,5)31-26)29-17-25(13-14-25)21(28)12-11-19-9-7-6-8-10-19/h6-10,15-16H,11-14,17H2,1-5H3. The number of nitrogens with zero attached hydrogens (tertiary/aromatic N) is 1. The number of ketones is 1. The molecule has 1 saturated carbocycles. The molecule has 0 amide bonds. The van der Waals surface area contributed by atoms with Gasteiger partial charge in [0.05, 0.1) is 16.6 Å². The second-order valence-corrected chi connectivity index (χ2v) is 9.95. The number of carbonyl (C=O) groups excluding carboxylic acids is 1. The van der Waals surface area contributed by atoms with Crippen molar-refractivity contribution >= 4 is 18.4 Å². The molecule has 1 aromatic carbocycles. The van der Waals surface area contributed by atoms with Crippen LogP contribution in [0.15, 0.2) is 42.6 Å². The minimum atomic E-state index is -0.444. The molecular formula is C25H32BNO4. The van der Waals surface area contributed by atoms with Crippen molar-refractivity contribution in [1.82, 2.24) is 4.98 Å². The molecule has 2 fully saturated rings. The molecule has 0 spiro atoms. The van der Waals surface area contributed by atoms with Crippen molar-refractivity contribution < 1.29 is 18.8 Å². The number of hydrogen-bond donors (Lipinski definition) is 0. The van der Waals surface area contributed by atoms with E-state index in [-0.39, 0.29) is 5.41 Å². The summed E-state index contributed by atoms with van der Waals surface area (Å²) in [6.07, 6.45) is 4.89. The van der Waals surface area contributed by atoms with Crippen molar-refractivity contribution in [2.24, 2.45) is 5.41 Å². The van der Waals surface area contributed by atoms with Gasteiger partial charge in [0.25, 0.3) is 0 Å². The Kier molecular flexibility index (Phi) is 5.73. The van der Waals surface area contributed by atoms with Gasteiger partial charge in [0.1, 0.15) is 12.4 Å². The molecule has 0 atom stereocenters. The lowest BCUT2D eigenvalue weighted by Gasteiger charge is -2.32. The van der Waals surface area contributed by atoms with Crippen molar-refractivity contribution in [2.75, 3.05) is 6.61 Å². The van der Waals surface area contributed by atoms with Gasteiger partial charge in [0.15, 0.2) is 0 Å². The molecule has 2 aromatic rings.